The summed E-state index contributed by atoms with van der Waals surface area (Å²) < 4.78 is 0. The number of likely N-dealkylation sites (tertiary alicyclic amines) is 1. The molecule has 2 aliphatic heterocycles. The Morgan fingerprint density at radius 2 is 1.85 bits per heavy atom. The van der Waals surface area contributed by atoms with E-state index in [1.165, 1.54) is 11.1 Å². The van der Waals surface area contributed by atoms with Crippen LogP contribution in [0.5, 0.6) is 0 Å². The van der Waals surface area contributed by atoms with Gasteiger partial charge in [0.1, 0.15) is 0 Å². The van der Waals surface area contributed by atoms with Gasteiger partial charge in [0.15, 0.2) is 28.4 Å². The molecule has 0 bridgehead atoms. The fourth-order valence-electron chi connectivity index (χ4n) is 4.04. The highest BCUT2D eigenvalue weighted by Crippen LogP contribution is 2.26. The lowest BCUT2D eigenvalue weighted by Crippen LogP contribution is -2.57. The highest BCUT2D eigenvalue weighted by molar-refractivity contribution is 6.31. The lowest BCUT2D eigenvalue weighted by Gasteiger charge is -2.39. The van der Waals surface area contributed by atoms with Crippen molar-refractivity contribution in [2.45, 2.75) is 38.1 Å². The average molecular weight is 471 g/mol. The summed E-state index contributed by atoms with van der Waals surface area (Å²) >= 11 is 5.85. The van der Waals surface area contributed by atoms with Gasteiger partial charge in [-0.25, -0.2) is 9.97 Å². The summed E-state index contributed by atoms with van der Waals surface area (Å²) in [7, 11) is 0. The van der Waals surface area contributed by atoms with Gasteiger partial charge in [-0.1, -0.05) is 41.4 Å². The molecule has 0 radical (unpaired) electrons. The van der Waals surface area contributed by atoms with E-state index in [1.54, 1.807) is 0 Å². The number of nitrogens with one attached hydrogen (secondary N) is 2. The highest BCUT2D eigenvalue weighted by Gasteiger charge is 2.40. The van der Waals surface area contributed by atoms with Crippen LogP contribution in [0.25, 0.3) is 0 Å². The number of rotatable bonds is 4. The minimum absolute atomic E-state index is 0.0406. The minimum atomic E-state index is -0.575. The fraction of sp³-hybridized carbons (Fsp3) is 0.409. The molecule has 3 heterocycles. The molecule has 0 saturated carbocycles. The van der Waals surface area contributed by atoms with Crippen LogP contribution >= 0.6 is 11.6 Å². The summed E-state index contributed by atoms with van der Waals surface area (Å²) in [6, 6.07) is 8.27. The molecular formula is C22H27ClN8O2. The minimum Gasteiger partial charge on any atom is -0.382 e. The van der Waals surface area contributed by atoms with E-state index in [4.69, 9.17) is 23.1 Å². The van der Waals surface area contributed by atoms with E-state index in [2.05, 4.69) is 49.9 Å². The Labute approximate surface area is 196 Å². The molecule has 2 aromatic rings. The number of aryl methyl sites for hydroxylation is 2. The third kappa shape index (κ3) is 5.16. The van der Waals surface area contributed by atoms with Crippen LogP contribution in [0.4, 0.5) is 11.6 Å². The molecule has 1 fully saturated rings. The molecule has 11 heteroatoms. The predicted molar refractivity (Wildman–Crippen MR) is 127 cm³/mol. The number of nitrogens with two attached hydrogens (primary N) is 2. The maximum absolute atomic E-state index is 12.7. The number of nitrogens with zero attached hydrogens (tertiary/aromatic N) is 4. The summed E-state index contributed by atoms with van der Waals surface area (Å²) in [6.45, 7) is 3.84. The number of carbonyl (C=O) groups excluding carboxylic acids is 2. The van der Waals surface area contributed by atoms with Crippen LogP contribution in [-0.4, -0.2) is 57.8 Å². The Morgan fingerprint density at radius 1 is 1.15 bits per heavy atom. The molecule has 174 valence electrons. The number of amides is 2. The Balaban J connectivity index is 1.27. The number of guanidine groups is 1. The van der Waals surface area contributed by atoms with Crippen molar-refractivity contribution >= 4 is 41.0 Å². The molecule has 4 rings (SSSR count). The maximum Gasteiger partial charge on any atom is 0.280 e. The van der Waals surface area contributed by atoms with Crippen molar-refractivity contribution in [2.75, 3.05) is 31.1 Å². The second-order valence-electron chi connectivity index (χ2n) is 8.52. The monoisotopic (exact) mass is 470 g/mol. The first-order valence-electron chi connectivity index (χ1n) is 10.8. The van der Waals surface area contributed by atoms with Crippen LogP contribution in [-0.2, 0) is 11.2 Å². The van der Waals surface area contributed by atoms with E-state index in [-0.39, 0.29) is 33.9 Å². The van der Waals surface area contributed by atoms with Crippen molar-refractivity contribution in [1.29, 1.82) is 0 Å². The summed E-state index contributed by atoms with van der Waals surface area (Å²) in [5.41, 5.74) is 13.3. The zero-order valence-electron chi connectivity index (χ0n) is 18.4. The number of carbonyl (C=O) groups is 2. The number of piperidine rings is 1. The van der Waals surface area contributed by atoms with E-state index < -0.39 is 5.91 Å². The van der Waals surface area contributed by atoms with Crippen molar-refractivity contribution in [3.8, 4) is 0 Å². The number of anilines is 2. The van der Waals surface area contributed by atoms with Gasteiger partial charge in [0.05, 0.1) is 12.1 Å². The lowest BCUT2D eigenvalue weighted by atomic mass is 9.88. The van der Waals surface area contributed by atoms with Crippen LogP contribution in [0.1, 0.15) is 40.9 Å². The van der Waals surface area contributed by atoms with E-state index in [0.717, 1.165) is 19.3 Å². The first-order chi connectivity index (χ1) is 15.7. The summed E-state index contributed by atoms with van der Waals surface area (Å²) in [5.74, 6) is -0.226. The number of hydrogen-bond donors (Lipinski definition) is 4. The van der Waals surface area contributed by atoms with Gasteiger partial charge >= 0.3 is 0 Å². The largest absolute Gasteiger partial charge is 0.382 e. The van der Waals surface area contributed by atoms with Gasteiger partial charge in [0.2, 0.25) is 5.91 Å². The molecule has 1 aromatic carbocycles. The van der Waals surface area contributed by atoms with Gasteiger partial charge in [-0.15, -0.1) is 0 Å². The quantitative estimate of drug-likeness (QED) is 0.525. The molecule has 33 heavy (non-hydrogen) atoms. The number of aromatic nitrogens is 2. The summed E-state index contributed by atoms with van der Waals surface area (Å²) in [6.07, 6.45) is 2.71. The number of aliphatic imine (C=N–C) groups is 1. The number of nitrogen functional groups attached to an aromatic ring is 2. The first kappa shape index (κ1) is 22.8. The molecule has 1 spiro atoms. The van der Waals surface area contributed by atoms with Crippen LogP contribution in [0.3, 0.4) is 0 Å². The van der Waals surface area contributed by atoms with Crippen molar-refractivity contribution in [2.24, 2.45) is 4.99 Å². The molecule has 2 aliphatic rings. The second kappa shape index (κ2) is 9.22. The number of benzene rings is 1. The second-order valence-corrected chi connectivity index (χ2v) is 8.88. The van der Waals surface area contributed by atoms with Gasteiger partial charge in [-0.05, 0) is 31.7 Å². The zero-order valence-corrected chi connectivity index (χ0v) is 19.2. The maximum atomic E-state index is 12.7. The van der Waals surface area contributed by atoms with E-state index in [0.29, 0.717) is 32.0 Å². The molecule has 10 nitrogen and oxygen atoms in total. The van der Waals surface area contributed by atoms with Crippen LogP contribution in [0, 0.1) is 6.92 Å². The van der Waals surface area contributed by atoms with Gasteiger partial charge in [-0.3, -0.25) is 19.9 Å². The predicted octanol–water partition coefficient (Wildman–Crippen LogP) is 1.29. The molecule has 1 aromatic heterocycles. The Morgan fingerprint density at radius 3 is 2.55 bits per heavy atom. The molecule has 0 aliphatic carbocycles. The van der Waals surface area contributed by atoms with Crippen molar-refractivity contribution in [1.82, 2.24) is 25.5 Å². The molecule has 2 amide bonds. The van der Waals surface area contributed by atoms with Crippen molar-refractivity contribution in [3.63, 3.8) is 0 Å². The van der Waals surface area contributed by atoms with Gasteiger partial charge in [0.25, 0.3) is 5.91 Å². The smallest absolute Gasteiger partial charge is 0.280 e. The first-order valence-corrected chi connectivity index (χ1v) is 11.2. The summed E-state index contributed by atoms with van der Waals surface area (Å²) in [4.78, 5) is 39.3. The third-order valence-electron chi connectivity index (χ3n) is 6.10. The van der Waals surface area contributed by atoms with Crippen molar-refractivity contribution in [3.05, 3.63) is 46.2 Å². The van der Waals surface area contributed by atoms with Crippen LogP contribution in [0.15, 0.2) is 29.3 Å². The van der Waals surface area contributed by atoms with Crippen LogP contribution < -0.4 is 22.1 Å². The van der Waals surface area contributed by atoms with Gasteiger partial charge in [-0.2, -0.15) is 0 Å². The molecular weight excluding hydrogens is 444 g/mol. The van der Waals surface area contributed by atoms with Crippen molar-refractivity contribution < 1.29 is 9.59 Å². The normalized spacial score (nSPS) is 16.9. The SMILES string of the molecule is Cc1ccc(CCC(=O)N2CCC3(CC2)CN=C(NC(=O)c2nc(Cl)c(N)nc2N)N3)cc1. The van der Waals surface area contributed by atoms with E-state index in [9.17, 15) is 9.59 Å². The fourth-order valence-corrected chi connectivity index (χ4v) is 4.16. The number of halogens is 1. The number of hydrogen-bond acceptors (Lipinski definition) is 8. The van der Waals surface area contributed by atoms with E-state index in [1.807, 2.05) is 11.8 Å². The molecule has 6 N–H and O–H groups in total. The Kier molecular flexibility index (Phi) is 6.37. The molecule has 0 unspecified atom stereocenters. The topological polar surface area (TPSA) is 152 Å². The standard InChI is InChI=1S/C22H27ClN8O2/c1-13-2-4-14(5-3-13)6-7-15(32)31-10-8-22(9-11-31)12-26-21(30-22)29-20(33)16-18(24)28-19(25)17(23)27-16/h2-5H,6-12H2,1H3,(H4,24,25,28)(H2,26,29,30,33). The Bertz CT molecular complexity index is 1090. The highest BCUT2D eigenvalue weighted by atomic mass is 35.5. The summed E-state index contributed by atoms with van der Waals surface area (Å²) in [5, 5.41) is 5.89. The molecule has 1 saturated heterocycles. The average Bonchev–Trinajstić information content (AvgIpc) is 3.17. The van der Waals surface area contributed by atoms with Crippen LogP contribution in [0.2, 0.25) is 5.15 Å². The Hall–Kier alpha value is -3.40. The lowest BCUT2D eigenvalue weighted by molar-refractivity contribution is -0.132. The van der Waals surface area contributed by atoms with E-state index >= 15 is 0 Å². The third-order valence-corrected chi connectivity index (χ3v) is 6.37. The van der Waals surface area contributed by atoms with Gasteiger partial charge < -0.3 is 21.7 Å². The van der Waals surface area contributed by atoms with Gasteiger partial charge in [0, 0.05) is 19.5 Å². The molecule has 0 atom stereocenters. The zero-order chi connectivity index (χ0) is 23.6.